The van der Waals surface area contributed by atoms with E-state index in [2.05, 4.69) is 34.6 Å². The molecule has 0 radical (unpaired) electrons. The first kappa shape index (κ1) is 27.3. The van der Waals surface area contributed by atoms with Gasteiger partial charge < -0.3 is 20.1 Å². The normalized spacial score (nSPS) is 11.3. The number of phenols is 1. The highest BCUT2D eigenvalue weighted by molar-refractivity contribution is 6.34. The lowest BCUT2D eigenvalue weighted by Crippen LogP contribution is -2.33. The Morgan fingerprint density at radius 3 is 2.41 bits per heavy atom. The maximum absolute atomic E-state index is 13.0. The van der Waals surface area contributed by atoms with Gasteiger partial charge in [0.05, 0.1) is 23.9 Å². The largest absolute Gasteiger partial charge is 0.507 e. The van der Waals surface area contributed by atoms with E-state index in [0.29, 0.717) is 16.9 Å². The molecule has 0 spiro atoms. The molecule has 0 bridgehead atoms. The number of phenolic OH excluding ortho intramolecular Hbond substituents is 1. The summed E-state index contributed by atoms with van der Waals surface area (Å²) in [6.07, 6.45) is 2.83. The van der Waals surface area contributed by atoms with Crippen LogP contribution in [0, 0.1) is 0 Å². The number of benzene rings is 3. The van der Waals surface area contributed by atoms with E-state index < -0.39 is 11.8 Å². The molecule has 9 heteroatoms. The molecule has 0 saturated heterocycles. The predicted octanol–water partition coefficient (Wildman–Crippen LogP) is 4.82. The number of anilines is 1. The molecule has 0 unspecified atom stereocenters. The van der Waals surface area contributed by atoms with Crippen LogP contribution in [0.5, 0.6) is 11.5 Å². The Kier molecular flexibility index (Phi) is 9.69. The number of aromatic hydroxyl groups is 1. The predicted molar refractivity (Wildman–Crippen MR) is 147 cm³/mol. The van der Waals surface area contributed by atoms with Crippen LogP contribution in [0.4, 0.5) is 5.69 Å². The standard InChI is InChI=1S/C28H29ClN4O4/c1-4-33(5-2)21-12-10-19(11-13-21)16-25(31-27(35)23-8-6-7-9-24(23)29)28(36)32-30-18-20-17-22(37-3)14-15-26(20)34/h6-18,34H,4-5H2,1-3H3,(H,31,35)(H,32,36)/b25-16+,30-18-. The second-order valence-electron chi connectivity index (χ2n) is 7.88. The van der Waals surface area contributed by atoms with Gasteiger partial charge in [0, 0.05) is 24.3 Å². The molecule has 192 valence electrons. The molecule has 37 heavy (non-hydrogen) atoms. The van der Waals surface area contributed by atoms with Crippen LogP contribution in [0.25, 0.3) is 6.08 Å². The molecule has 0 fully saturated rings. The minimum atomic E-state index is -0.660. The first-order chi connectivity index (χ1) is 17.9. The van der Waals surface area contributed by atoms with E-state index in [1.165, 1.54) is 19.4 Å². The maximum Gasteiger partial charge on any atom is 0.287 e. The molecule has 3 aromatic carbocycles. The number of rotatable bonds is 10. The van der Waals surface area contributed by atoms with Gasteiger partial charge in [-0.1, -0.05) is 35.9 Å². The Bertz CT molecular complexity index is 1300. The van der Waals surface area contributed by atoms with Gasteiger partial charge in [0.2, 0.25) is 0 Å². The lowest BCUT2D eigenvalue weighted by Gasteiger charge is -2.21. The van der Waals surface area contributed by atoms with Crippen molar-refractivity contribution in [3.63, 3.8) is 0 Å². The zero-order chi connectivity index (χ0) is 26.8. The van der Waals surface area contributed by atoms with Crippen LogP contribution >= 0.6 is 11.6 Å². The number of carbonyl (C=O) groups excluding carboxylic acids is 2. The number of halogens is 1. The molecule has 3 N–H and O–H groups in total. The van der Waals surface area contributed by atoms with Crippen LogP contribution in [0.3, 0.4) is 0 Å². The zero-order valence-electron chi connectivity index (χ0n) is 20.9. The third kappa shape index (κ3) is 7.35. The minimum absolute atomic E-state index is 0.0325. The average Bonchev–Trinajstić information content (AvgIpc) is 2.91. The molecule has 0 aliphatic rings. The topological polar surface area (TPSA) is 103 Å². The van der Waals surface area contributed by atoms with Crippen LogP contribution in [-0.2, 0) is 4.79 Å². The monoisotopic (exact) mass is 520 g/mol. The van der Waals surface area contributed by atoms with Crippen molar-refractivity contribution in [2.45, 2.75) is 13.8 Å². The number of amides is 2. The van der Waals surface area contributed by atoms with Gasteiger partial charge in [-0.25, -0.2) is 5.43 Å². The second kappa shape index (κ2) is 13.1. The Hall–Kier alpha value is -4.30. The molecule has 8 nitrogen and oxygen atoms in total. The van der Waals surface area contributed by atoms with Gasteiger partial charge in [-0.3, -0.25) is 9.59 Å². The number of hydrogen-bond acceptors (Lipinski definition) is 6. The lowest BCUT2D eigenvalue weighted by molar-refractivity contribution is -0.117. The summed E-state index contributed by atoms with van der Waals surface area (Å²) in [4.78, 5) is 28.1. The van der Waals surface area contributed by atoms with Gasteiger partial charge >= 0.3 is 0 Å². The Morgan fingerprint density at radius 2 is 1.76 bits per heavy atom. The number of ether oxygens (including phenoxy) is 1. The molecule has 0 aliphatic heterocycles. The van der Waals surface area contributed by atoms with Crippen molar-refractivity contribution in [1.82, 2.24) is 10.7 Å². The van der Waals surface area contributed by atoms with E-state index in [9.17, 15) is 14.7 Å². The number of methoxy groups -OCH3 is 1. The van der Waals surface area contributed by atoms with Crippen molar-refractivity contribution in [3.05, 3.63) is 94.1 Å². The third-order valence-electron chi connectivity index (χ3n) is 5.55. The van der Waals surface area contributed by atoms with Crippen LogP contribution in [-0.4, -0.2) is 43.3 Å². The summed E-state index contributed by atoms with van der Waals surface area (Å²) < 4.78 is 5.14. The fourth-order valence-electron chi connectivity index (χ4n) is 3.51. The van der Waals surface area contributed by atoms with Crippen LogP contribution in [0.1, 0.15) is 35.3 Å². The lowest BCUT2D eigenvalue weighted by atomic mass is 10.1. The molecule has 2 amide bonds. The molecule has 3 rings (SSSR count). The number of nitrogens with zero attached hydrogens (tertiary/aromatic N) is 2. The van der Waals surface area contributed by atoms with E-state index in [-0.39, 0.29) is 22.0 Å². The summed E-state index contributed by atoms with van der Waals surface area (Å²) in [7, 11) is 1.50. The number of nitrogens with one attached hydrogen (secondary N) is 2. The number of carbonyl (C=O) groups is 2. The van der Waals surface area contributed by atoms with E-state index in [0.717, 1.165) is 18.8 Å². The maximum atomic E-state index is 13.0. The summed E-state index contributed by atoms with van der Waals surface area (Å²) in [6, 6.07) is 18.8. The smallest absolute Gasteiger partial charge is 0.287 e. The van der Waals surface area contributed by atoms with Crippen molar-refractivity contribution in [1.29, 1.82) is 0 Å². The van der Waals surface area contributed by atoms with Gasteiger partial charge in [-0.05, 0) is 68.0 Å². The van der Waals surface area contributed by atoms with Crippen LogP contribution in [0.15, 0.2) is 77.5 Å². The summed E-state index contributed by atoms with van der Waals surface area (Å²) in [5.74, 6) is -0.714. The average molecular weight is 521 g/mol. The molecule has 0 aromatic heterocycles. The van der Waals surface area contributed by atoms with E-state index in [4.69, 9.17) is 16.3 Å². The van der Waals surface area contributed by atoms with Crippen LogP contribution in [0.2, 0.25) is 5.02 Å². The summed E-state index contributed by atoms with van der Waals surface area (Å²) in [5, 5.41) is 16.8. The highest BCUT2D eigenvalue weighted by Crippen LogP contribution is 2.21. The second-order valence-corrected chi connectivity index (χ2v) is 8.29. The fraction of sp³-hybridized carbons (Fsp3) is 0.179. The minimum Gasteiger partial charge on any atom is -0.507 e. The highest BCUT2D eigenvalue weighted by atomic mass is 35.5. The Balaban J connectivity index is 1.86. The van der Waals surface area contributed by atoms with Gasteiger partial charge in [0.1, 0.15) is 17.2 Å². The highest BCUT2D eigenvalue weighted by Gasteiger charge is 2.16. The first-order valence-electron chi connectivity index (χ1n) is 11.7. The van der Waals surface area contributed by atoms with E-state index in [1.54, 1.807) is 42.5 Å². The molecular weight excluding hydrogens is 492 g/mol. The molecule has 0 saturated carbocycles. The van der Waals surface area contributed by atoms with E-state index >= 15 is 0 Å². The molecule has 0 atom stereocenters. The third-order valence-corrected chi connectivity index (χ3v) is 5.88. The van der Waals surface area contributed by atoms with Crippen molar-refractivity contribution in [2.24, 2.45) is 5.10 Å². The van der Waals surface area contributed by atoms with Crippen molar-refractivity contribution in [3.8, 4) is 11.5 Å². The zero-order valence-corrected chi connectivity index (χ0v) is 21.6. The SMILES string of the molecule is CCN(CC)c1ccc(/C=C(/NC(=O)c2ccccc2Cl)C(=O)N/N=C\c2cc(OC)ccc2O)cc1. The van der Waals surface area contributed by atoms with Crippen molar-refractivity contribution in [2.75, 3.05) is 25.1 Å². The molecule has 0 heterocycles. The first-order valence-corrected chi connectivity index (χ1v) is 12.1. The van der Waals surface area contributed by atoms with Gasteiger partial charge in [-0.15, -0.1) is 0 Å². The van der Waals surface area contributed by atoms with Crippen molar-refractivity contribution >= 4 is 41.4 Å². The summed E-state index contributed by atoms with van der Waals surface area (Å²) in [5.41, 5.74) is 4.68. The van der Waals surface area contributed by atoms with Gasteiger partial charge in [0.25, 0.3) is 11.8 Å². The quantitative estimate of drug-likeness (QED) is 0.202. The summed E-state index contributed by atoms with van der Waals surface area (Å²) in [6.45, 7) is 5.90. The number of hydrogen-bond donors (Lipinski definition) is 3. The number of hydrazone groups is 1. The van der Waals surface area contributed by atoms with E-state index in [1.807, 2.05) is 24.3 Å². The Labute approximate surface area is 221 Å². The molecule has 3 aromatic rings. The van der Waals surface area contributed by atoms with Crippen molar-refractivity contribution < 1.29 is 19.4 Å². The van der Waals surface area contributed by atoms with Crippen LogP contribution < -0.4 is 20.4 Å². The Morgan fingerprint density at radius 1 is 1.05 bits per heavy atom. The van der Waals surface area contributed by atoms with Gasteiger partial charge in [0.15, 0.2) is 0 Å². The molecular formula is C28H29ClN4O4. The molecule has 0 aliphatic carbocycles. The fourth-order valence-corrected chi connectivity index (χ4v) is 3.74. The van der Waals surface area contributed by atoms with Gasteiger partial charge in [-0.2, -0.15) is 5.10 Å². The summed E-state index contributed by atoms with van der Waals surface area (Å²) >= 11 is 6.16.